The molecular formula is C16H22N2O. The summed E-state index contributed by atoms with van der Waals surface area (Å²) in [5.41, 5.74) is 1.56. The lowest BCUT2D eigenvalue weighted by Gasteiger charge is -2.21. The molecule has 0 saturated carbocycles. The van der Waals surface area contributed by atoms with Crippen molar-refractivity contribution in [3.8, 4) is 6.07 Å². The Bertz CT molecular complexity index is 475. The number of amides is 1. The molecule has 1 amide bonds. The highest BCUT2D eigenvalue weighted by atomic mass is 16.2. The minimum absolute atomic E-state index is 0.119. The Balaban J connectivity index is 2.87. The number of carbonyl (C=O) groups is 1. The van der Waals surface area contributed by atoms with E-state index in [-0.39, 0.29) is 5.91 Å². The van der Waals surface area contributed by atoms with Crippen molar-refractivity contribution in [1.29, 1.82) is 5.26 Å². The van der Waals surface area contributed by atoms with E-state index < -0.39 is 11.5 Å². The molecule has 0 aliphatic rings. The Kier molecular flexibility index (Phi) is 4.72. The predicted octanol–water partition coefficient (Wildman–Crippen LogP) is 3.54. The topological polar surface area (TPSA) is 52.9 Å². The molecule has 0 heterocycles. The van der Waals surface area contributed by atoms with E-state index in [9.17, 15) is 10.1 Å². The zero-order valence-corrected chi connectivity index (χ0v) is 12.3. The van der Waals surface area contributed by atoms with Crippen molar-refractivity contribution in [2.24, 2.45) is 5.41 Å². The first kappa shape index (κ1) is 15.2. The number of rotatable bonds is 3. The van der Waals surface area contributed by atoms with Gasteiger partial charge in [-0.15, -0.1) is 0 Å². The fraction of sp³-hybridized carbons (Fsp3) is 0.500. The zero-order chi connectivity index (χ0) is 14.6. The number of nitrogens with one attached hydrogen (secondary N) is 1. The molecule has 1 aromatic rings. The minimum Gasteiger partial charge on any atom is -0.336 e. The van der Waals surface area contributed by atoms with Crippen molar-refractivity contribution in [3.63, 3.8) is 0 Å². The van der Waals surface area contributed by atoms with Gasteiger partial charge < -0.3 is 5.32 Å². The highest BCUT2D eigenvalue weighted by Crippen LogP contribution is 2.20. The van der Waals surface area contributed by atoms with E-state index in [4.69, 9.17) is 0 Å². The smallest absolute Gasteiger partial charge is 0.226 e. The van der Waals surface area contributed by atoms with Gasteiger partial charge in [0.1, 0.15) is 6.04 Å². The van der Waals surface area contributed by atoms with Crippen LogP contribution in [0.4, 0.5) is 0 Å². The SMILES string of the molecule is CC(C)c1ccc(C(C#N)NC(=O)C(C)(C)C)cc1. The number of carbonyl (C=O) groups excluding carboxylic acids is 1. The van der Waals surface area contributed by atoms with Gasteiger partial charge in [0.25, 0.3) is 0 Å². The van der Waals surface area contributed by atoms with Crippen molar-refractivity contribution in [2.75, 3.05) is 0 Å². The third kappa shape index (κ3) is 4.10. The van der Waals surface area contributed by atoms with Crippen LogP contribution >= 0.6 is 0 Å². The van der Waals surface area contributed by atoms with Crippen molar-refractivity contribution in [3.05, 3.63) is 35.4 Å². The van der Waals surface area contributed by atoms with Crippen LogP contribution in [0.15, 0.2) is 24.3 Å². The maximum absolute atomic E-state index is 11.9. The number of nitriles is 1. The molecule has 102 valence electrons. The van der Waals surface area contributed by atoms with E-state index in [1.807, 2.05) is 45.0 Å². The lowest BCUT2D eigenvalue weighted by Crippen LogP contribution is -2.36. The molecule has 3 nitrogen and oxygen atoms in total. The van der Waals surface area contributed by atoms with Gasteiger partial charge in [0, 0.05) is 5.41 Å². The second-order valence-electron chi connectivity index (χ2n) is 6.11. The van der Waals surface area contributed by atoms with Gasteiger partial charge in [0.2, 0.25) is 5.91 Å². The fourth-order valence-electron chi connectivity index (χ4n) is 1.61. The van der Waals surface area contributed by atoms with Crippen molar-refractivity contribution in [2.45, 2.75) is 46.6 Å². The van der Waals surface area contributed by atoms with Gasteiger partial charge in [-0.3, -0.25) is 4.79 Å². The predicted molar refractivity (Wildman–Crippen MR) is 76.5 cm³/mol. The Morgan fingerprint density at radius 2 is 1.63 bits per heavy atom. The quantitative estimate of drug-likeness (QED) is 0.901. The fourth-order valence-corrected chi connectivity index (χ4v) is 1.61. The number of hydrogen-bond donors (Lipinski definition) is 1. The Morgan fingerprint density at radius 1 is 1.16 bits per heavy atom. The van der Waals surface area contributed by atoms with Crippen LogP contribution in [0.25, 0.3) is 0 Å². The second kappa shape index (κ2) is 5.88. The van der Waals surface area contributed by atoms with Gasteiger partial charge in [0.05, 0.1) is 6.07 Å². The summed E-state index contributed by atoms with van der Waals surface area (Å²) in [5, 5.41) is 12.0. The Morgan fingerprint density at radius 3 is 2.00 bits per heavy atom. The van der Waals surface area contributed by atoms with E-state index in [0.717, 1.165) is 5.56 Å². The van der Waals surface area contributed by atoms with Crippen LogP contribution in [0.2, 0.25) is 0 Å². The van der Waals surface area contributed by atoms with Crippen LogP contribution in [0.3, 0.4) is 0 Å². The summed E-state index contributed by atoms with van der Waals surface area (Å²) in [6, 6.07) is 9.38. The maximum atomic E-state index is 11.9. The summed E-state index contributed by atoms with van der Waals surface area (Å²) >= 11 is 0. The molecule has 0 saturated heterocycles. The second-order valence-corrected chi connectivity index (χ2v) is 6.11. The van der Waals surface area contributed by atoms with Gasteiger partial charge >= 0.3 is 0 Å². The summed E-state index contributed by atoms with van der Waals surface area (Å²) in [7, 11) is 0. The molecule has 1 aromatic carbocycles. The van der Waals surface area contributed by atoms with Crippen LogP contribution in [0.1, 0.15) is 57.7 Å². The average Bonchev–Trinajstić information content (AvgIpc) is 2.34. The molecule has 0 aromatic heterocycles. The first-order valence-electron chi connectivity index (χ1n) is 6.56. The van der Waals surface area contributed by atoms with Crippen LogP contribution in [-0.2, 0) is 4.79 Å². The highest BCUT2D eigenvalue weighted by molar-refractivity contribution is 5.82. The molecule has 1 unspecified atom stereocenters. The van der Waals surface area contributed by atoms with Crippen LogP contribution in [0.5, 0.6) is 0 Å². The van der Waals surface area contributed by atoms with Gasteiger partial charge in [-0.25, -0.2) is 0 Å². The van der Waals surface area contributed by atoms with Crippen molar-refractivity contribution >= 4 is 5.91 Å². The number of benzene rings is 1. The third-order valence-corrected chi connectivity index (χ3v) is 3.02. The summed E-state index contributed by atoms with van der Waals surface area (Å²) in [6.45, 7) is 9.74. The standard InChI is InChI=1S/C16H22N2O/c1-11(2)12-6-8-13(9-7-12)14(10-17)18-15(19)16(3,4)5/h6-9,11,14H,1-5H3,(H,18,19). The van der Waals surface area contributed by atoms with E-state index in [1.54, 1.807) is 0 Å². The van der Waals surface area contributed by atoms with Gasteiger partial charge in [-0.05, 0) is 17.0 Å². The van der Waals surface area contributed by atoms with Gasteiger partial charge in [-0.1, -0.05) is 58.9 Å². The van der Waals surface area contributed by atoms with Crippen LogP contribution in [-0.4, -0.2) is 5.91 Å². The normalized spacial score (nSPS) is 12.9. The maximum Gasteiger partial charge on any atom is 0.226 e. The monoisotopic (exact) mass is 258 g/mol. The summed E-state index contributed by atoms with van der Waals surface area (Å²) < 4.78 is 0. The molecule has 0 aliphatic heterocycles. The Labute approximate surface area is 115 Å². The van der Waals surface area contributed by atoms with Gasteiger partial charge in [-0.2, -0.15) is 5.26 Å². The highest BCUT2D eigenvalue weighted by Gasteiger charge is 2.24. The summed E-state index contributed by atoms with van der Waals surface area (Å²) in [6.07, 6.45) is 0. The molecule has 0 fully saturated rings. The molecule has 1 N–H and O–H groups in total. The van der Waals surface area contributed by atoms with Crippen LogP contribution in [0, 0.1) is 16.7 Å². The molecule has 0 aliphatic carbocycles. The van der Waals surface area contributed by atoms with Crippen molar-refractivity contribution < 1.29 is 4.79 Å². The lowest BCUT2D eigenvalue weighted by molar-refractivity contribution is -0.128. The first-order chi connectivity index (χ1) is 8.75. The van der Waals surface area contributed by atoms with E-state index in [1.165, 1.54) is 5.56 Å². The lowest BCUT2D eigenvalue weighted by atomic mass is 9.94. The molecule has 0 spiro atoms. The van der Waals surface area contributed by atoms with E-state index in [2.05, 4.69) is 25.2 Å². The largest absolute Gasteiger partial charge is 0.336 e. The Hall–Kier alpha value is -1.82. The van der Waals surface area contributed by atoms with Crippen molar-refractivity contribution in [1.82, 2.24) is 5.32 Å². The molecule has 1 atom stereocenters. The molecule has 0 radical (unpaired) electrons. The first-order valence-corrected chi connectivity index (χ1v) is 6.56. The average molecular weight is 258 g/mol. The molecule has 0 bridgehead atoms. The summed E-state index contributed by atoms with van der Waals surface area (Å²) in [4.78, 5) is 11.9. The molecule has 19 heavy (non-hydrogen) atoms. The zero-order valence-electron chi connectivity index (χ0n) is 12.3. The van der Waals surface area contributed by atoms with E-state index >= 15 is 0 Å². The van der Waals surface area contributed by atoms with Gasteiger partial charge in [0.15, 0.2) is 0 Å². The number of nitrogens with zero attached hydrogens (tertiary/aromatic N) is 1. The van der Waals surface area contributed by atoms with E-state index in [0.29, 0.717) is 5.92 Å². The molecule has 3 heteroatoms. The third-order valence-electron chi connectivity index (χ3n) is 3.02. The number of hydrogen-bond acceptors (Lipinski definition) is 2. The summed E-state index contributed by atoms with van der Waals surface area (Å²) in [5.74, 6) is 0.339. The minimum atomic E-state index is -0.590. The molecular weight excluding hydrogens is 236 g/mol. The van der Waals surface area contributed by atoms with Crippen LogP contribution < -0.4 is 5.32 Å². The molecule has 1 rings (SSSR count).